The maximum Gasteiger partial charge on any atom is 0.384 e. The Morgan fingerprint density at radius 1 is 0.579 bits per heavy atom. The lowest BCUT2D eigenvalue weighted by molar-refractivity contribution is 0.276. The van der Waals surface area contributed by atoms with Gasteiger partial charge in [-0.15, -0.1) is 0 Å². The maximum absolute atomic E-state index is 5.28. The SMILES string of the molecule is CCCCCCCCCCCCCC[Si](OC)OC. The molecule has 0 saturated heterocycles. The minimum absolute atomic E-state index is 0.935. The lowest BCUT2D eigenvalue weighted by Gasteiger charge is -2.08. The second-order valence-electron chi connectivity index (χ2n) is 5.42. The van der Waals surface area contributed by atoms with Crippen molar-refractivity contribution in [3.8, 4) is 0 Å². The van der Waals surface area contributed by atoms with Gasteiger partial charge in [0.1, 0.15) is 0 Å². The van der Waals surface area contributed by atoms with Crippen molar-refractivity contribution in [3.05, 3.63) is 0 Å². The molecule has 0 heterocycles. The molecule has 0 aromatic heterocycles. The van der Waals surface area contributed by atoms with Crippen LogP contribution >= 0.6 is 0 Å². The highest BCUT2D eigenvalue weighted by Gasteiger charge is 2.10. The molecule has 115 valence electrons. The predicted molar refractivity (Wildman–Crippen MR) is 85.7 cm³/mol. The molecule has 0 aliphatic heterocycles. The Labute approximate surface area is 123 Å². The van der Waals surface area contributed by atoms with Crippen molar-refractivity contribution in [2.24, 2.45) is 0 Å². The molecule has 0 atom stereocenters. The highest BCUT2D eigenvalue weighted by molar-refractivity contribution is 6.44. The van der Waals surface area contributed by atoms with Gasteiger partial charge in [-0.3, -0.25) is 0 Å². The molecule has 0 rings (SSSR count). The van der Waals surface area contributed by atoms with Crippen molar-refractivity contribution < 1.29 is 8.85 Å². The first kappa shape index (κ1) is 19.1. The summed E-state index contributed by atoms with van der Waals surface area (Å²) in [5.41, 5.74) is 0. The van der Waals surface area contributed by atoms with Crippen LogP contribution in [-0.2, 0) is 8.85 Å². The summed E-state index contributed by atoms with van der Waals surface area (Å²) in [6.07, 6.45) is 16.9. The molecule has 0 aliphatic carbocycles. The molecule has 0 fully saturated rings. The van der Waals surface area contributed by atoms with E-state index in [-0.39, 0.29) is 0 Å². The van der Waals surface area contributed by atoms with E-state index in [0.29, 0.717) is 0 Å². The molecule has 3 heteroatoms. The minimum Gasteiger partial charge on any atom is -0.397 e. The summed E-state index contributed by atoms with van der Waals surface area (Å²) in [6, 6.07) is 1.13. The molecule has 0 aromatic rings. The fourth-order valence-corrected chi connectivity index (χ4v) is 3.51. The standard InChI is InChI=1S/C16H35O2Si/c1-4-5-6-7-8-9-10-11-12-13-14-15-16-19(17-2)18-3/h4-16H2,1-3H3. The second-order valence-corrected chi connectivity index (χ2v) is 7.48. The van der Waals surface area contributed by atoms with Crippen LogP contribution in [0.1, 0.15) is 84.0 Å². The zero-order valence-corrected chi connectivity index (χ0v) is 14.5. The van der Waals surface area contributed by atoms with E-state index in [1.165, 1.54) is 77.0 Å². The number of hydrogen-bond donors (Lipinski definition) is 0. The van der Waals surface area contributed by atoms with Gasteiger partial charge in [0.25, 0.3) is 0 Å². The molecule has 0 bridgehead atoms. The Morgan fingerprint density at radius 3 is 1.32 bits per heavy atom. The summed E-state index contributed by atoms with van der Waals surface area (Å²) in [6.45, 7) is 2.28. The van der Waals surface area contributed by atoms with Crippen LogP contribution in [0.2, 0.25) is 6.04 Å². The van der Waals surface area contributed by atoms with E-state index < -0.39 is 9.28 Å². The summed E-state index contributed by atoms with van der Waals surface area (Å²) in [7, 11) is 2.59. The smallest absolute Gasteiger partial charge is 0.384 e. The third-order valence-corrected chi connectivity index (χ3v) is 5.36. The lowest BCUT2D eigenvalue weighted by Crippen LogP contribution is -2.18. The van der Waals surface area contributed by atoms with Crippen molar-refractivity contribution in [1.82, 2.24) is 0 Å². The van der Waals surface area contributed by atoms with Gasteiger partial charge in [0.05, 0.1) is 0 Å². The van der Waals surface area contributed by atoms with E-state index in [1.54, 1.807) is 14.2 Å². The van der Waals surface area contributed by atoms with Crippen LogP contribution < -0.4 is 0 Å². The summed E-state index contributed by atoms with van der Waals surface area (Å²) < 4.78 is 10.6. The third-order valence-electron chi connectivity index (χ3n) is 3.69. The number of rotatable bonds is 15. The van der Waals surface area contributed by atoms with E-state index in [2.05, 4.69) is 6.92 Å². The van der Waals surface area contributed by atoms with Crippen molar-refractivity contribution in [1.29, 1.82) is 0 Å². The van der Waals surface area contributed by atoms with E-state index in [4.69, 9.17) is 8.85 Å². The van der Waals surface area contributed by atoms with Gasteiger partial charge in [-0.05, 0) is 6.04 Å². The Balaban J connectivity index is 3.02. The molecule has 0 N–H and O–H groups in total. The molecular weight excluding hydrogens is 252 g/mol. The maximum atomic E-state index is 5.28. The molecule has 0 saturated carbocycles. The quantitative estimate of drug-likeness (QED) is 0.294. The molecular formula is C16H35O2Si. The molecule has 2 nitrogen and oxygen atoms in total. The van der Waals surface area contributed by atoms with Crippen molar-refractivity contribution >= 4 is 9.28 Å². The molecule has 0 spiro atoms. The Bertz CT molecular complexity index is 161. The van der Waals surface area contributed by atoms with Gasteiger partial charge >= 0.3 is 9.28 Å². The van der Waals surface area contributed by atoms with E-state index in [1.807, 2.05) is 0 Å². The van der Waals surface area contributed by atoms with Crippen LogP contribution in [0.5, 0.6) is 0 Å². The van der Waals surface area contributed by atoms with E-state index in [9.17, 15) is 0 Å². The lowest BCUT2D eigenvalue weighted by atomic mass is 10.1. The third kappa shape index (κ3) is 14.4. The fraction of sp³-hybridized carbons (Fsp3) is 1.00. The summed E-state index contributed by atoms with van der Waals surface area (Å²) in [4.78, 5) is 0. The first-order valence-corrected chi connectivity index (χ1v) is 9.81. The topological polar surface area (TPSA) is 18.5 Å². The summed E-state index contributed by atoms with van der Waals surface area (Å²) in [5, 5.41) is 0. The normalized spacial score (nSPS) is 11.4. The fourth-order valence-electron chi connectivity index (χ4n) is 2.40. The van der Waals surface area contributed by atoms with Crippen LogP contribution in [0.15, 0.2) is 0 Å². The van der Waals surface area contributed by atoms with Crippen LogP contribution in [0.3, 0.4) is 0 Å². The molecule has 0 unspecified atom stereocenters. The van der Waals surface area contributed by atoms with Crippen molar-refractivity contribution in [3.63, 3.8) is 0 Å². The van der Waals surface area contributed by atoms with Crippen LogP contribution in [0.25, 0.3) is 0 Å². The van der Waals surface area contributed by atoms with Gasteiger partial charge in [0.2, 0.25) is 0 Å². The minimum atomic E-state index is -0.935. The first-order chi connectivity index (χ1) is 9.35. The van der Waals surface area contributed by atoms with Gasteiger partial charge in [-0.25, -0.2) is 0 Å². The van der Waals surface area contributed by atoms with Gasteiger partial charge in [0, 0.05) is 14.2 Å². The van der Waals surface area contributed by atoms with Gasteiger partial charge in [-0.2, -0.15) is 0 Å². The van der Waals surface area contributed by atoms with E-state index >= 15 is 0 Å². The molecule has 19 heavy (non-hydrogen) atoms. The van der Waals surface area contributed by atoms with Crippen LogP contribution in [0, 0.1) is 0 Å². The predicted octanol–water partition coefficient (Wildman–Crippen LogP) is 5.47. The average molecular weight is 288 g/mol. The number of unbranched alkanes of at least 4 members (excludes halogenated alkanes) is 11. The monoisotopic (exact) mass is 287 g/mol. The number of hydrogen-bond acceptors (Lipinski definition) is 2. The van der Waals surface area contributed by atoms with Gasteiger partial charge < -0.3 is 8.85 Å². The van der Waals surface area contributed by atoms with Crippen molar-refractivity contribution in [2.75, 3.05) is 14.2 Å². The summed E-state index contributed by atoms with van der Waals surface area (Å²) in [5.74, 6) is 0. The Hall–Kier alpha value is 0.137. The highest BCUT2D eigenvalue weighted by atomic mass is 28.3. The Kier molecular flexibility index (Phi) is 16.3. The Morgan fingerprint density at radius 2 is 0.947 bits per heavy atom. The van der Waals surface area contributed by atoms with Gasteiger partial charge in [-0.1, -0.05) is 84.0 Å². The molecule has 1 radical (unpaired) electrons. The van der Waals surface area contributed by atoms with E-state index in [0.717, 1.165) is 6.04 Å². The molecule has 0 aromatic carbocycles. The zero-order valence-electron chi connectivity index (χ0n) is 13.5. The van der Waals surface area contributed by atoms with Crippen LogP contribution in [0.4, 0.5) is 0 Å². The second kappa shape index (κ2) is 16.2. The average Bonchev–Trinajstić information content (AvgIpc) is 2.44. The first-order valence-electron chi connectivity index (χ1n) is 8.29. The highest BCUT2D eigenvalue weighted by Crippen LogP contribution is 2.13. The van der Waals surface area contributed by atoms with Gasteiger partial charge in [0.15, 0.2) is 0 Å². The molecule has 0 amide bonds. The summed E-state index contributed by atoms with van der Waals surface area (Å²) >= 11 is 0. The largest absolute Gasteiger partial charge is 0.397 e. The van der Waals surface area contributed by atoms with Crippen molar-refractivity contribution in [2.45, 2.75) is 90.0 Å². The molecule has 0 aliphatic rings. The van der Waals surface area contributed by atoms with Crippen LogP contribution in [-0.4, -0.2) is 23.5 Å². The zero-order chi connectivity index (χ0) is 14.2.